The fourth-order valence-corrected chi connectivity index (χ4v) is 1.67. The number of aromatic nitrogens is 3. The Morgan fingerprint density at radius 2 is 1.95 bits per heavy atom. The Balaban J connectivity index is 1.87. The van der Waals surface area contributed by atoms with E-state index in [0.717, 1.165) is 5.56 Å². The van der Waals surface area contributed by atoms with Crippen molar-refractivity contribution in [3.05, 3.63) is 40.7 Å². The van der Waals surface area contributed by atoms with Crippen molar-refractivity contribution in [2.45, 2.75) is 19.0 Å². The van der Waals surface area contributed by atoms with Crippen molar-refractivity contribution < 1.29 is 18.0 Å². The second-order valence-electron chi connectivity index (χ2n) is 4.18. The van der Waals surface area contributed by atoms with E-state index in [4.69, 9.17) is 11.6 Å². The Kier molecular flexibility index (Phi) is 4.46. The number of hydrogen-bond acceptors (Lipinski definition) is 3. The van der Waals surface area contributed by atoms with Crippen LogP contribution < -0.4 is 5.32 Å². The lowest BCUT2D eigenvalue weighted by Crippen LogP contribution is -2.14. The van der Waals surface area contributed by atoms with Crippen LogP contribution in [0.5, 0.6) is 0 Å². The maximum Gasteiger partial charge on any atom is 0.451 e. The molecular formula is C12H10ClF3N4O. The molecule has 2 N–H and O–H groups in total. The summed E-state index contributed by atoms with van der Waals surface area (Å²) in [4.78, 5) is 14.7. The predicted molar refractivity (Wildman–Crippen MR) is 69.8 cm³/mol. The molecule has 0 unspecified atom stereocenters. The Hall–Kier alpha value is -2.09. The molecule has 0 bridgehead atoms. The SMILES string of the molecule is O=C(CCc1ccc(Cl)cc1)Nc1n[nH]c(C(F)(F)F)n1. The van der Waals surface area contributed by atoms with E-state index in [-0.39, 0.29) is 6.42 Å². The zero-order chi connectivity index (χ0) is 15.5. The maximum atomic E-state index is 12.3. The van der Waals surface area contributed by atoms with Crippen LogP contribution in [0.1, 0.15) is 17.8 Å². The summed E-state index contributed by atoms with van der Waals surface area (Å²) >= 11 is 5.73. The summed E-state index contributed by atoms with van der Waals surface area (Å²) in [5.41, 5.74) is 0.889. The second-order valence-corrected chi connectivity index (χ2v) is 4.62. The van der Waals surface area contributed by atoms with Crippen LogP contribution in [-0.2, 0) is 17.4 Å². The van der Waals surface area contributed by atoms with Crippen molar-refractivity contribution in [1.82, 2.24) is 15.2 Å². The molecule has 0 atom stereocenters. The first kappa shape index (κ1) is 15.3. The van der Waals surface area contributed by atoms with Crippen LogP contribution in [-0.4, -0.2) is 21.1 Å². The van der Waals surface area contributed by atoms with Crippen LogP contribution in [0.3, 0.4) is 0 Å². The lowest BCUT2D eigenvalue weighted by atomic mass is 10.1. The van der Waals surface area contributed by atoms with Gasteiger partial charge in [0.25, 0.3) is 0 Å². The number of carbonyl (C=O) groups excluding carboxylic acids is 1. The number of anilines is 1. The number of aryl methyl sites for hydroxylation is 1. The van der Waals surface area contributed by atoms with Gasteiger partial charge in [-0.3, -0.25) is 15.2 Å². The summed E-state index contributed by atoms with van der Waals surface area (Å²) in [5.74, 6) is -2.13. The first-order valence-corrected chi connectivity index (χ1v) is 6.26. The third kappa shape index (κ3) is 4.45. The number of benzene rings is 1. The molecule has 0 aliphatic rings. The number of rotatable bonds is 4. The number of carbonyl (C=O) groups is 1. The van der Waals surface area contributed by atoms with Gasteiger partial charge < -0.3 is 0 Å². The summed E-state index contributed by atoms with van der Waals surface area (Å²) in [6.45, 7) is 0. The molecule has 2 aromatic rings. The number of aromatic amines is 1. The van der Waals surface area contributed by atoms with Crippen LogP contribution in [0.4, 0.5) is 19.1 Å². The Morgan fingerprint density at radius 3 is 2.52 bits per heavy atom. The molecule has 1 amide bonds. The molecule has 5 nitrogen and oxygen atoms in total. The molecule has 21 heavy (non-hydrogen) atoms. The standard InChI is InChI=1S/C12H10ClF3N4O/c13-8-4-1-7(2-5-8)3-6-9(21)17-11-18-10(19-20-11)12(14,15)16/h1-2,4-5H,3,6H2,(H2,17,18,19,20,21). The minimum absolute atomic E-state index is 0.0948. The van der Waals surface area contributed by atoms with Crippen molar-refractivity contribution in [2.24, 2.45) is 0 Å². The van der Waals surface area contributed by atoms with Gasteiger partial charge in [-0.15, -0.1) is 5.10 Å². The summed E-state index contributed by atoms with van der Waals surface area (Å²) in [6.07, 6.45) is -4.10. The molecular weight excluding hydrogens is 309 g/mol. The van der Waals surface area contributed by atoms with Gasteiger partial charge in [0.1, 0.15) is 0 Å². The minimum Gasteiger partial charge on any atom is -0.293 e. The van der Waals surface area contributed by atoms with Gasteiger partial charge in [-0.1, -0.05) is 23.7 Å². The molecule has 1 heterocycles. The molecule has 0 spiro atoms. The lowest BCUT2D eigenvalue weighted by Gasteiger charge is -2.02. The van der Waals surface area contributed by atoms with Gasteiger partial charge in [-0.05, 0) is 24.1 Å². The minimum atomic E-state index is -4.63. The number of H-pyrrole nitrogens is 1. The average Bonchev–Trinajstić information content (AvgIpc) is 2.86. The van der Waals surface area contributed by atoms with Crippen molar-refractivity contribution in [1.29, 1.82) is 0 Å². The molecule has 112 valence electrons. The molecule has 0 radical (unpaired) electrons. The van der Waals surface area contributed by atoms with Crippen molar-refractivity contribution in [3.63, 3.8) is 0 Å². The highest BCUT2D eigenvalue weighted by atomic mass is 35.5. The van der Waals surface area contributed by atoms with E-state index in [1.165, 1.54) is 0 Å². The number of amides is 1. The lowest BCUT2D eigenvalue weighted by molar-refractivity contribution is -0.144. The molecule has 0 fully saturated rings. The summed E-state index contributed by atoms with van der Waals surface area (Å²) in [5, 5.41) is 7.78. The Morgan fingerprint density at radius 1 is 1.29 bits per heavy atom. The van der Waals surface area contributed by atoms with E-state index >= 15 is 0 Å². The van der Waals surface area contributed by atoms with Crippen molar-refractivity contribution in [3.8, 4) is 0 Å². The molecule has 0 aliphatic heterocycles. The first-order valence-electron chi connectivity index (χ1n) is 5.88. The average molecular weight is 319 g/mol. The summed E-state index contributed by atoms with van der Waals surface area (Å²) < 4.78 is 36.9. The Bertz CT molecular complexity index is 624. The normalized spacial score (nSPS) is 11.4. The molecule has 2 rings (SSSR count). The van der Waals surface area contributed by atoms with E-state index in [2.05, 4.69) is 15.4 Å². The van der Waals surface area contributed by atoms with Gasteiger partial charge in [0.05, 0.1) is 0 Å². The van der Waals surface area contributed by atoms with Crippen LogP contribution in [0.2, 0.25) is 5.02 Å². The molecule has 0 aliphatic carbocycles. The second kappa shape index (κ2) is 6.13. The fraction of sp³-hybridized carbons (Fsp3) is 0.250. The zero-order valence-electron chi connectivity index (χ0n) is 10.5. The number of hydrogen-bond donors (Lipinski definition) is 2. The van der Waals surface area contributed by atoms with Crippen molar-refractivity contribution in [2.75, 3.05) is 5.32 Å². The van der Waals surface area contributed by atoms with E-state index in [9.17, 15) is 18.0 Å². The third-order valence-corrected chi connectivity index (χ3v) is 2.81. The largest absolute Gasteiger partial charge is 0.451 e. The number of halogens is 4. The topological polar surface area (TPSA) is 70.7 Å². The quantitative estimate of drug-likeness (QED) is 0.910. The molecule has 1 aromatic carbocycles. The van der Waals surface area contributed by atoms with Gasteiger partial charge in [-0.25, -0.2) is 0 Å². The van der Waals surface area contributed by atoms with Gasteiger partial charge >= 0.3 is 6.18 Å². The summed E-state index contributed by atoms with van der Waals surface area (Å²) in [7, 11) is 0. The number of alkyl halides is 3. The van der Waals surface area contributed by atoms with Crippen LogP contribution in [0, 0.1) is 0 Å². The molecule has 1 aromatic heterocycles. The van der Waals surface area contributed by atoms with Gasteiger partial charge in [0, 0.05) is 11.4 Å². The molecule has 9 heteroatoms. The van der Waals surface area contributed by atoms with Crippen LogP contribution in [0.25, 0.3) is 0 Å². The van der Waals surface area contributed by atoms with E-state index in [1.54, 1.807) is 29.4 Å². The monoisotopic (exact) mass is 318 g/mol. The fourth-order valence-electron chi connectivity index (χ4n) is 1.54. The zero-order valence-corrected chi connectivity index (χ0v) is 11.3. The van der Waals surface area contributed by atoms with E-state index in [1.807, 2.05) is 0 Å². The number of nitrogens with zero attached hydrogens (tertiary/aromatic N) is 2. The predicted octanol–water partition coefficient (Wildman–Crippen LogP) is 3.05. The van der Waals surface area contributed by atoms with Gasteiger partial charge in [0.2, 0.25) is 17.7 Å². The Labute approximate surface area is 122 Å². The van der Waals surface area contributed by atoms with Crippen molar-refractivity contribution >= 4 is 23.5 Å². The van der Waals surface area contributed by atoms with Crippen LogP contribution >= 0.6 is 11.6 Å². The highest BCUT2D eigenvalue weighted by Gasteiger charge is 2.35. The van der Waals surface area contributed by atoms with E-state index in [0.29, 0.717) is 11.4 Å². The smallest absolute Gasteiger partial charge is 0.293 e. The first-order chi connectivity index (χ1) is 9.84. The molecule has 0 saturated carbocycles. The third-order valence-electron chi connectivity index (χ3n) is 2.56. The highest BCUT2D eigenvalue weighted by molar-refractivity contribution is 6.30. The maximum absolute atomic E-state index is 12.3. The van der Waals surface area contributed by atoms with Gasteiger partial charge in [-0.2, -0.15) is 18.2 Å². The highest BCUT2D eigenvalue weighted by Crippen LogP contribution is 2.26. The van der Waals surface area contributed by atoms with Crippen LogP contribution in [0.15, 0.2) is 24.3 Å². The van der Waals surface area contributed by atoms with Gasteiger partial charge in [0.15, 0.2) is 0 Å². The number of nitrogens with one attached hydrogen (secondary N) is 2. The summed E-state index contributed by atoms with van der Waals surface area (Å²) in [6, 6.07) is 6.92. The molecule has 0 saturated heterocycles. The van der Waals surface area contributed by atoms with E-state index < -0.39 is 23.9 Å².